The molecular formula is C96H64N4. The van der Waals surface area contributed by atoms with Crippen LogP contribution in [-0.4, -0.2) is 18.3 Å². The Bertz CT molecular complexity index is 6450. The number of para-hydroxylation sites is 4. The highest BCUT2D eigenvalue weighted by Crippen LogP contribution is 2.42. The number of nitrogens with zero attached hydrogens (tertiary/aromatic N) is 4. The molecule has 4 heterocycles. The van der Waals surface area contributed by atoms with E-state index in [9.17, 15) is 0 Å². The van der Waals surface area contributed by atoms with E-state index >= 15 is 0 Å². The van der Waals surface area contributed by atoms with Crippen LogP contribution in [0.2, 0.25) is 0 Å². The molecule has 20 rings (SSSR count). The molecule has 0 aliphatic heterocycles. The minimum absolute atomic E-state index is 1.16. The van der Waals surface area contributed by atoms with Gasteiger partial charge in [0.2, 0.25) is 0 Å². The quantitative estimate of drug-likeness (QED) is 0.130. The lowest BCUT2D eigenvalue weighted by atomic mass is 10.0. The minimum Gasteiger partial charge on any atom is -0.309 e. The van der Waals surface area contributed by atoms with Crippen molar-refractivity contribution in [3.63, 3.8) is 0 Å². The van der Waals surface area contributed by atoms with Crippen molar-refractivity contribution in [1.82, 2.24) is 18.3 Å². The lowest BCUT2D eigenvalue weighted by Gasteiger charge is -2.11. The summed E-state index contributed by atoms with van der Waals surface area (Å²) in [6.45, 7) is 0. The molecule has 0 spiro atoms. The van der Waals surface area contributed by atoms with Gasteiger partial charge >= 0.3 is 0 Å². The van der Waals surface area contributed by atoms with Crippen molar-refractivity contribution < 1.29 is 0 Å². The van der Waals surface area contributed by atoms with Gasteiger partial charge in [0.25, 0.3) is 0 Å². The molecule has 0 unspecified atom stereocenters. The molecule has 0 aliphatic rings. The third-order valence-corrected chi connectivity index (χ3v) is 20.3. The van der Waals surface area contributed by atoms with Crippen LogP contribution in [0.1, 0.15) is 0 Å². The molecule has 0 saturated carbocycles. The van der Waals surface area contributed by atoms with Crippen molar-refractivity contribution in [3.8, 4) is 89.5 Å². The summed E-state index contributed by atoms with van der Waals surface area (Å²) in [7, 11) is 0. The summed E-state index contributed by atoms with van der Waals surface area (Å²) >= 11 is 0. The third-order valence-electron chi connectivity index (χ3n) is 20.3. The fourth-order valence-corrected chi connectivity index (χ4v) is 15.5. The van der Waals surface area contributed by atoms with Crippen LogP contribution >= 0.6 is 0 Å². The molecule has 16 aromatic carbocycles. The SMILES string of the molecule is c1ccc(-c2ccc(-n3c4ccccc4c4cc(-c5ccc(-n6c7ccccc7c7cc(-c8ccccc8)ccc76)cc5)ccc43)cc2)cc1.c1ccc(-c2cccc(-n3c4ccccc4c4cc(-c5ccc(-n6c7ccccc7c7cc(-c8ccccc8)ccc76)cc5)ccc43)c2)cc1. The lowest BCUT2D eigenvalue weighted by Crippen LogP contribution is -1.94. The Morgan fingerprint density at radius 2 is 0.310 bits per heavy atom. The van der Waals surface area contributed by atoms with Crippen LogP contribution in [0.3, 0.4) is 0 Å². The summed E-state index contributed by atoms with van der Waals surface area (Å²) in [6, 6.07) is 141. The topological polar surface area (TPSA) is 19.7 Å². The molecule has 4 nitrogen and oxygen atoms in total. The molecule has 0 bridgehead atoms. The van der Waals surface area contributed by atoms with Gasteiger partial charge in [0.1, 0.15) is 0 Å². The van der Waals surface area contributed by atoms with E-state index in [0.717, 1.165) is 22.7 Å². The summed E-state index contributed by atoms with van der Waals surface area (Å²) in [4.78, 5) is 0. The maximum absolute atomic E-state index is 2.40. The molecule has 468 valence electrons. The zero-order valence-electron chi connectivity index (χ0n) is 54.7. The average molecular weight is 1270 g/mol. The highest BCUT2D eigenvalue weighted by atomic mass is 15.0. The van der Waals surface area contributed by atoms with E-state index < -0.39 is 0 Å². The standard InChI is InChI=1S/2C48H32N2/c1-3-12-33(13-4-1)36-16-11-17-40(30-36)50-46-21-10-8-19-42(46)44-32-38(25-29-48(44)50)35-22-26-39(27-23-35)49-45-20-9-7-18-41(45)43-31-37(24-28-47(43)49)34-14-5-2-6-15-34;1-3-11-33(12-4-1)35-19-25-39(26-20-35)49-46-18-10-8-16-42(46)44-32-38(24-30-48(44)49)36-21-27-40(28-22-36)50-45-17-9-7-15-41(45)43-31-37(23-29-47(43)50)34-13-5-2-6-14-34/h2*1-32H. The zero-order valence-corrected chi connectivity index (χ0v) is 54.7. The Hall–Kier alpha value is -13.3. The summed E-state index contributed by atoms with van der Waals surface area (Å²) in [5, 5.41) is 10.1. The fraction of sp³-hybridized carbons (Fsp3) is 0. The van der Waals surface area contributed by atoms with Gasteiger partial charge in [-0.25, -0.2) is 0 Å². The Balaban J connectivity index is 0.000000139. The second kappa shape index (κ2) is 24.4. The molecule has 0 aliphatic carbocycles. The van der Waals surface area contributed by atoms with E-state index in [1.807, 2.05) is 0 Å². The molecule has 20 aromatic rings. The van der Waals surface area contributed by atoms with E-state index in [2.05, 4.69) is 407 Å². The van der Waals surface area contributed by atoms with Gasteiger partial charge in [-0.1, -0.05) is 267 Å². The molecule has 0 amide bonds. The van der Waals surface area contributed by atoms with E-state index in [-0.39, 0.29) is 0 Å². The van der Waals surface area contributed by atoms with Crippen molar-refractivity contribution in [1.29, 1.82) is 0 Å². The molecular weight excluding hydrogens is 1210 g/mol. The van der Waals surface area contributed by atoms with Crippen molar-refractivity contribution in [2.45, 2.75) is 0 Å². The van der Waals surface area contributed by atoms with Gasteiger partial charge < -0.3 is 18.3 Å². The largest absolute Gasteiger partial charge is 0.309 e. The number of hydrogen-bond donors (Lipinski definition) is 0. The molecule has 4 aromatic heterocycles. The smallest absolute Gasteiger partial charge is 0.0541 e. The molecule has 100 heavy (non-hydrogen) atoms. The van der Waals surface area contributed by atoms with Crippen LogP contribution in [0.5, 0.6) is 0 Å². The average Bonchev–Trinajstić information content (AvgIpc) is 1.61. The maximum atomic E-state index is 2.40. The minimum atomic E-state index is 1.16. The first-order valence-electron chi connectivity index (χ1n) is 34.4. The van der Waals surface area contributed by atoms with Gasteiger partial charge in [0.15, 0.2) is 0 Å². The second-order valence-electron chi connectivity index (χ2n) is 26.0. The Morgan fingerprint density at radius 1 is 0.110 bits per heavy atom. The fourth-order valence-electron chi connectivity index (χ4n) is 15.5. The predicted octanol–water partition coefficient (Wildman–Crippen LogP) is 25.8. The molecule has 0 N–H and O–H groups in total. The van der Waals surface area contributed by atoms with Crippen LogP contribution in [0, 0.1) is 0 Å². The Kier molecular flexibility index (Phi) is 14.2. The highest BCUT2D eigenvalue weighted by molar-refractivity contribution is 6.14. The van der Waals surface area contributed by atoms with Gasteiger partial charge in [-0.15, -0.1) is 0 Å². The number of aromatic nitrogens is 4. The first-order valence-corrected chi connectivity index (χ1v) is 34.4. The van der Waals surface area contributed by atoms with Gasteiger partial charge in [0.05, 0.1) is 44.1 Å². The third kappa shape index (κ3) is 10.1. The number of fused-ring (bicyclic) bond motifs is 12. The van der Waals surface area contributed by atoms with Crippen molar-refractivity contribution in [2.24, 2.45) is 0 Å². The first-order chi connectivity index (χ1) is 49.6. The van der Waals surface area contributed by atoms with Crippen LogP contribution < -0.4 is 0 Å². The molecule has 0 atom stereocenters. The van der Waals surface area contributed by atoms with Gasteiger partial charge in [-0.2, -0.15) is 0 Å². The molecule has 0 radical (unpaired) electrons. The van der Waals surface area contributed by atoms with Crippen LogP contribution in [0.15, 0.2) is 388 Å². The Morgan fingerprint density at radius 3 is 0.610 bits per heavy atom. The lowest BCUT2D eigenvalue weighted by molar-refractivity contribution is 1.18. The van der Waals surface area contributed by atoms with Crippen LogP contribution in [0.4, 0.5) is 0 Å². The highest BCUT2D eigenvalue weighted by Gasteiger charge is 2.19. The van der Waals surface area contributed by atoms with Gasteiger partial charge in [0, 0.05) is 65.8 Å². The molecule has 4 heteroatoms. The van der Waals surface area contributed by atoms with E-state index in [0.29, 0.717) is 0 Å². The summed E-state index contributed by atoms with van der Waals surface area (Å²) < 4.78 is 9.57. The number of benzene rings is 16. The molecule has 0 fully saturated rings. The van der Waals surface area contributed by atoms with Crippen molar-refractivity contribution in [2.75, 3.05) is 0 Å². The zero-order chi connectivity index (χ0) is 66.0. The number of hydrogen-bond acceptors (Lipinski definition) is 0. The van der Waals surface area contributed by atoms with Gasteiger partial charge in [-0.05, 0) is 188 Å². The van der Waals surface area contributed by atoms with Crippen LogP contribution in [0.25, 0.3) is 177 Å². The summed E-state index contributed by atoms with van der Waals surface area (Å²) in [5.74, 6) is 0. The van der Waals surface area contributed by atoms with E-state index in [4.69, 9.17) is 0 Å². The van der Waals surface area contributed by atoms with E-state index in [1.165, 1.54) is 154 Å². The summed E-state index contributed by atoms with van der Waals surface area (Å²) in [5.41, 5.74) is 29.0. The molecule has 0 saturated heterocycles. The predicted molar refractivity (Wildman–Crippen MR) is 423 cm³/mol. The Labute approximate surface area is 579 Å². The van der Waals surface area contributed by atoms with Crippen molar-refractivity contribution in [3.05, 3.63) is 388 Å². The van der Waals surface area contributed by atoms with E-state index in [1.54, 1.807) is 0 Å². The normalized spacial score (nSPS) is 11.6. The number of rotatable bonds is 10. The van der Waals surface area contributed by atoms with Gasteiger partial charge in [-0.3, -0.25) is 0 Å². The monoisotopic (exact) mass is 1270 g/mol. The van der Waals surface area contributed by atoms with Crippen LogP contribution in [-0.2, 0) is 0 Å². The van der Waals surface area contributed by atoms with Crippen molar-refractivity contribution >= 4 is 87.2 Å². The summed E-state index contributed by atoms with van der Waals surface area (Å²) in [6.07, 6.45) is 0. The maximum Gasteiger partial charge on any atom is 0.0541 e. The first kappa shape index (κ1) is 58.1. The second-order valence-corrected chi connectivity index (χ2v) is 26.0.